The summed E-state index contributed by atoms with van der Waals surface area (Å²) < 4.78 is 0. The van der Waals surface area contributed by atoms with E-state index in [0.29, 0.717) is 22.1 Å². The van der Waals surface area contributed by atoms with Crippen LogP contribution in [0.4, 0.5) is 0 Å². The second-order valence-corrected chi connectivity index (χ2v) is 11.8. The van der Waals surface area contributed by atoms with Crippen molar-refractivity contribution in [2.75, 3.05) is 0 Å². The third-order valence-corrected chi connectivity index (χ3v) is 11.3. The number of carbonyl (C=O) groups is 2. The van der Waals surface area contributed by atoms with Crippen molar-refractivity contribution in [3.63, 3.8) is 0 Å². The van der Waals surface area contributed by atoms with Crippen LogP contribution in [-0.4, -0.2) is 32.7 Å². The SMILES string of the molecule is CC[C@H](NC(=O)c1ccccc1)[C@@H](CC)[Se][C@@H]1C(=O)[C@]2(C)CC[C@H]1C2(C)C. The second-order valence-electron chi connectivity index (χ2n) is 8.92. The van der Waals surface area contributed by atoms with Crippen LogP contribution in [0.2, 0.25) is 9.63 Å². The van der Waals surface area contributed by atoms with Gasteiger partial charge in [0.15, 0.2) is 0 Å². The number of rotatable bonds is 7. The van der Waals surface area contributed by atoms with Gasteiger partial charge in [-0.2, -0.15) is 0 Å². The van der Waals surface area contributed by atoms with Crippen molar-refractivity contribution in [1.82, 2.24) is 5.32 Å². The maximum atomic E-state index is 13.2. The zero-order valence-corrected chi connectivity index (χ0v) is 19.0. The van der Waals surface area contributed by atoms with Crippen molar-refractivity contribution in [3.8, 4) is 0 Å². The van der Waals surface area contributed by atoms with Gasteiger partial charge in [0.25, 0.3) is 0 Å². The van der Waals surface area contributed by atoms with E-state index >= 15 is 0 Å². The zero-order valence-electron chi connectivity index (χ0n) is 17.2. The van der Waals surface area contributed by atoms with Gasteiger partial charge < -0.3 is 0 Å². The van der Waals surface area contributed by atoms with Gasteiger partial charge in [0.2, 0.25) is 0 Å². The molecule has 2 aliphatic rings. The van der Waals surface area contributed by atoms with Gasteiger partial charge in [-0.15, -0.1) is 0 Å². The standard InChI is InChI=1S/C23H33NO2Se/c1-6-17(24-21(26)15-11-9-8-10-12-15)18(7-2)27-19-16-13-14-23(5,20(19)25)22(16,3)4/h8-12,16-19H,6-7,13-14H2,1-5H3,(H,24,26)/t16-,17+,18-,19+,23+/m1/s1. The van der Waals surface area contributed by atoms with Crippen LogP contribution in [0.15, 0.2) is 30.3 Å². The van der Waals surface area contributed by atoms with Gasteiger partial charge in [-0.25, -0.2) is 0 Å². The molecule has 2 aliphatic carbocycles. The predicted molar refractivity (Wildman–Crippen MR) is 111 cm³/mol. The number of fused-ring (bicyclic) bond motifs is 2. The molecule has 1 N–H and O–H groups in total. The Bertz CT molecular complexity index is 702. The van der Waals surface area contributed by atoms with E-state index in [4.69, 9.17) is 0 Å². The third-order valence-electron chi connectivity index (χ3n) is 7.44. The first kappa shape index (κ1) is 20.6. The predicted octanol–water partition coefficient (Wildman–Crippen LogP) is 4.91. The number of hydrogen-bond donors (Lipinski definition) is 1. The van der Waals surface area contributed by atoms with E-state index in [0.717, 1.165) is 19.3 Å². The van der Waals surface area contributed by atoms with Crippen molar-refractivity contribution in [2.24, 2.45) is 16.7 Å². The molecule has 1 aromatic rings. The molecule has 0 saturated heterocycles. The topological polar surface area (TPSA) is 46.2 Å². The first-order valence-electron chi connectivity index (χ1n) is 10.3. The van der Waals surface area contributed by atoms with Crippen molar-refractivity contribution in [2.45, 2.75) is 76.0 Å². The van der Waals surface area contributed by atoms with Gasteiger partial charge in [0, 0.05) is 0 Å². The molecule has 27 heavy (non-hydrogen) atoms. The first-order valence-corrected chi connectivity index (χ1v) is 12.3. The van der Waals surface area contributed by atoms with Crippen LogP contribution < -0.4 is 5.32 Å². The molecule has 0 radical (unpaired) electrons. The number of ketones is 1. The normalized spacial score (nSPS) is 30.9. The van der Waals surface area contributed by atoms with E-state index in [-0.39, 0.29) is 42.6 Å². The Balaban J connectivity index is 1.73. The summed E-state index contributed by atoms with van der Waals surface area (Å²) in [4.78, 5) is 26.5. The number of hydrogen-bond acceptors (Lipinski definition) is 2. The Morgan fingerprint density at radius 1 is 1.19 bits per heavy atom. The van der Waals surface area contributed by atoms with Gasteiger partial charge in [0.05, 0.1) is 0 Å². The fraction of sp³-hybridized carbons (Fsp3) is 0.652. The molecular weight excluding hydrogens is 401 g/mol. The quantitative estimate of drug-likeness (QED) is 0.620. The van der Waals surface area contributed by atoms with Crippen LogP contribution in [0, 0.1) is 16.7 Å². The van der Waals surface area contributed by atoms with Crippen molar-refractivity contribution in [3.05, 3.63) is 35.9 Å². The molecule has 2 saturated carbocycles. The summed E-state index contributed by atoms with van der Waals surface area (Å²) in [5, 5.41) is 3.26. The van der Waals surface area contributed by atoms with Gasteiger partial charge in [-0.05, 0) is 0 Å². The summed E-state index contributed by atoms with van der Waals surface area (Å²) in [5.41, 5.74) is 0.684. The molecular formula is C23H33NO2Se. The minimum absolute atomic E-state index is 0.00302. The zero-order chi connectivity index (χ0) is 19.8. The maximum absolute atomic E-state index is 13.2. The molecule has 0 unspecified atom stereocenters. The summed E-state index contributed by atoms with van der Waals surface area (Å²) >= 11 is 0.219. The molecule has 5 atom stereocenters. The van der Waals surface area contributed by atoms with Gasteiger partial charge in [-0.1, -0.05) is 0 Å². The molecule has 0 aliphatic heterocycles. The number of benzene rings is 1. The minimum atomic E-state index is -0.141. The number of amides is 1. The van der Waals surface area contributed by atoms with E-state index in [2.05, 4.69) is 39.9 Å². The summed E-state index contributed by atoms with van der Waals surface area (Å²) in [6.45, 7) is 11.1. The van der Waals surface area contributed by atoms with Crippen LogP contribution in [0.25, 0.3) is 0 Å². The van der Waals surface area contributed by atoms with E-state index < -0.39 is 0 Å². The molecule has 1 aromatic carbocycles. The molecule has 1 amide bonds. The molecule has 0 aromatic heterocycles. The number of Topliss-reactive ketones (excluding diaryl/α,β-unsaturated/α-hetero) is 1. The van der Waals surface area contributed by atoms with E-state index in [1.54, 1.807) is 0 Å². The summed E-state index contributed by atoms with van der Waals surface area (Å²) in [7, 11) is 0. The molecule has 2 bridgehead atoms. The Morgan fingerprint density at radius 2 is 1.85 bits per heavy atom. The summed E-state index contributed by atoms with van der Waals surface area (Å²) in [6, 6.07) is 9.58. The van der Waals surface area contributed by atoms with Crippen LogP contribution >= 0.6 is 0 Å². The Hall–Kier alpha value is -1.12. The molecule has 2 fully saturated rings. The molecule has 4 heteroatoms. The Labute approximate surface area is 170 Å². The molecule has 3 rings (SSSR count). The van der Waals surface area contributed by atoms with E-state index in [1.165, 1.54) is 6.42 Å². The van der Waals surface area contributed by atoms with Crippen LogP contribution in [0.1, 0.15) is 70.7 Å². The van der Waals surface area contributed by atoms with Gasteiger partial charge in [0.1, 0.15) is 0 Å². The van der Waals surface area contributed by atoms with Crippen molar-refractivity contribution >= 4 is 26.6 Å². The van der Waals surface area contributed by atoms with Gasteiger partial charge >= 0.3 is 170 Å². The summed E-state index contributed by atoms with van der Waals surface area (Å²) in [5.74, 6) is 1.03. The van der Waals surface area contributed by atoms with E-state index in [1.807, 2.05) is 30.3 Å². The number of nitrogens with one attached hydrogen (secondary N) is 1. The molecule has 0 heterocycles. The van der Waals surface area contributed by atoms with Crippen molar-refractivity contribution in [1.29, 1.82) is 0 Å². The van der Waals surface area contributed by atoms with Crippen LogP contribution in [-0.2, 0) is 4.79 Å². The summed E-state index contributed by atoms with van der Waals surface area (Å²) in [6.07, 6.45) is 4.16. The Morgan fingerprint density at radius 3 is 2.37 bits per heavy atom. The van der Waals surface area contributed by atoms with Crippen LogP contribution in [0.3, 0.4) is 0 Å². The van der Waals surface area contributed by atoms with E-state index in [9.17, 15) is 9.59 Å². The van der Waals surface area contributed by atoms with Gasteiger partial charge in [-0.3, -0.25) is 0 Å². The average Bonchev–Trinajstić information content (AvgIpc) is 2.98. The fourth-order valence-electron chi connectivity index (χ4n) is 5.12. The monoisotopic (exact) mass is 435 g/mol. The fourth-order valence-corrected chi connectivity index (χ4v) is 9.46. The van der Waals surface area contributed by atoms with Crippen molar-refractivity contribution < 1.29 is 9.59 Å². The second kappa shape index (κ2) is 7.72. The molecule has 3 nitrogen and oxygen atoms in total. The average molecular weight is 434 g/mol. The van der Waals surface area contributed by atoms with Crippen LogP contribution in [0.5, 0.6) is 0 Å². The molecule has 0 spiro atoms. The third kappa shape index (κ3) is 3.40. The molecule has 148 valence electrons. The first-order chi connectivity index (χ1) is 12.8. The number of carbonyl (C=O) groups excluding carboxylic acids is 2. The Kier molecular flexibility index (Phi) is 5.89.